The summed E-state index contributed by atoms with van der Waals surface area (Å²) < 4.78 is 29.0. The van der Waals surface area contributed by atoms with E-state index in [4.69, 9.17) is 0 Å². The van der Waals surface area contributed by atoms with E-state index >= 15 is 0 Å². The van der Waals surface area contributed by atoms with Gasteiger partial charge in [0.2, 0.25) is 5.91 Å². The summed E-state index contributed by atoms with van der Waals surface area (Å²) >= 11 is 1.45. The molecule has 1 amide bonds. The number of fused-ring (bicyclic) bond motifs is 1. The van der Waals surface area contributed by atoms with Gasteiger partial charge in [0.1, 0.15) is 10.7 Å². The van der Waals surface area contributed by atoms with E-state index in [1.54, 1.807) is 12.3 Å². The van der Waals surface area contributed by atoms with E-state index in [9.17, 15) is 13.6 Å². The zero-order chi connectivity index (χ0) is 22.2. The van der Waals surface area contributed by atoms with Crippen LogP contribution in [0.5, 0.6) is 0 Å². The maximum absolute atomic E-state index is 14.5. The number of nitrogens with zero attached hydrogens (tertiary/aromatic N) is 5. The number of carbonyl (C=O) groups excluding carboxylic acids is 1. The fraction of sp³-hybridized carbons (Fsp3) is 0.476. The van der Waals surface area contributed by atoms with Crippen molar-refractivity contribution in [3.63, 3.8) is 0 Å². The van der Waals surface area contributed by atoms with E-state index in [1.165, 1.54) is 16.2 Å². The Bertz CT molecular complexity index is 1100. The summed E-state index contributed by atoms with van der Waals surface area (Å²) in [5, 5.41) is 13.4. The van der Waals surface area contributed by atoms with Gasteiger partial charge in [-0.3, -0.25) is 9.78 Å². The SMILES string of the molecule is Cc1nnc(-c2ccc3cnc(CC(=O)N4CCC(NC(C)C)C(F)(F)C4)cc3n2)s1. The number of nitrogens with one attached hydrogen (secondary N) is 1. The molecule has 0 bridgehead atoms. The van der Waals surface area contributed by atoms with Crippen molar-refractivity contribution in [2.75, 3.05) is 13.1 Å². The van der Waals surface area contributed by atoms with Crippen LogP contribution in [0.1, 0.15) is 31.0 Å². The number of halogens is 2. The summed E-state index contributed by atoms with van der Waals surface area (Å²) in [4.78, 5) is 22.9. The highest BCUT2D eigenvalue weighted by atomic mass is 32.1. The van der Waals surface area contributed by atoms with E-state index < -0.39 is 18.5 Å². The fourth-order valence-corrected chi connectivity index (χ4v) is 4.36. The van der Waals surface area contributed by atoms with E-state index in [1.807, 2.05) is 32.9 Å². The first-order valence-electron chi connectivity index (χ1n) is 10.2. The topological polar surface area (TPSA) is 83.9 Å². The Hall–Kier alpha value is -2.59. The van der Waals surface area contributed by atoms with Gasteiger partial charge in [0.25, 0.3) is 5.92 Å². The Labute approximate surface area is 182 Å². The average molecular weight is 447 g/mol. The van der Waals surface area contributed by atoms with Gasteiger partial charge in [-0.05, 0) is 31.5 Å². The van der Waals surface area contributed by atoms with Gasteiger partial charge >= 0.3 is 0 Å². The molecule has 3 aromatic rings. The minimum absolute atomic E-state index is 0.0404. The van der Waals surface area contributed by atoms with E-state index in [2.05, 4.69) is 25.5 Å². The third-order valence-electron chi connectivity index (χ3n) is 5.19. The number of alkyl halides is 2. The number of hydrogen-bond donors (Lipinski definition) is 1. The highest BCUT2D eigenvalue weighted by molar-refractivity contribution is 7.14. The van der Waals surface area contributed by atoms with Gasteiger partial charge in [0, 0.05) is 24.2 Å². The summed E-state index contributed by atoms with van der Waals surface area (Å²) in [5.74, 6) is -3.32. The zero-order valence-corrected chi connectivity index (χ0v) is 18.4. The lowest BCUT2D eigenvalue weighted by Crippen LogP contribution is -2.59. The van der Waals surface area contributed by atoms with E-state index in [-0.39, 0.29) is 24.8 Å². The highest BCUT2D eigenvalue weighted by Crippen LogP contribution is 2.28. The van der Waals surface area contributed by atoms with Crippen LogP contribution in [0.4, 0.5) is 8.78 Å². The molecule has 0 spiro atoms. The van der Waals surface area contributed by atoms with Crippen molar-refractivity contribution in [2.24, 2.45) is 0 Å². The second kappa shape index (κ2) is 8.51. The van der Waals surface area contributed by atoms with Gasteiger partial charge in [-0.1, -0.05) is 25.2 Å². The Morgan fingerprint density at radius 2 is 2.16 bits per heavy atom. The molecule has 1 unspecified atom stereocenters. The molecule has 1 aliphatic heterocycles. The van der Waals surface area contributed by atoms with Gasteiger partial charge in [0.15, 0.2) is 5.01 Å². The van der Waals surface area contributed by atoms with Crippen molar-refractivity contribution in [1.82, 2.24) is 30.4 Å². The molecule has 7 nitrogen and oxygen atoms in total. The van der Waals surface area contributed by atoms with Gasteiger partial charge in [-0.2, -0.15) is 0 Å². The van der Waals surface area contributed by atoms with Crippen LogP contribution in [-0.2, 0) is 11.2 Å². The number of hydrogen-bond acceptors (Lipinski definition) is 7. The van der Waals surface area contributed by atoms with E-state index in [0.29, 0.717) is 28.5 Å². The van der Waals surface area contributed by atoms with Crippen LogP contribution in [0.25, 0.3) is 21.6 Å². The number of piperidine rings is 1. The number of rotatable bonds is 5. The molecule has 1 fully saturated rings. The van der Waals surface area contributed by atoms with E-state index in [0.717, 1.165) is 10.4 Å². The maximum Gasteiger partial charge on any atom is 0.280 e. The first-order valence-corrected chi connectivity index (χ1v) is 11.0. The average Bonchev–Trinajstić information content (AvgIpc) is 3.15. The summed E-state index contributed by atoms with van der Waals surface area (Å²) in [6.45, 7) is 5.27. The number of amides is 1. The molecule has 31 heavy (non-hydrogen) atoms. The van der Waals surface area contributed by atoms with Crippen LogP contribution in [0, 0.1) is 6.92 Å². The molecule has 0 aromatic carbocycles. The monoisotopic (exact) mass is 446 g/mol. The Morgan fingerprint density at radius 1 is 1.35 bits per heavy atom. The smallest absolute Gasteiger partial charge is 0.280 e. The molecule has 1 saturated heterocycles. The van der Waals surface area contributed by atoms with Crippen molar-refractivity contribution in [3.8, 4) is 10.7 Å². The molecule has 3 aromatic heterocycles. The molecule has 4 heterocycles. The third-order valence-corrected chi connectivity index (χ3v) is 6.06. The molecule has 0 saturated carbocycles. The zero-order valence-electron chi connectivity index (χ0n) is 17.6. The predicted molar refractivity (Wildman–Crippen MR) is 115 cm³/mol. The molecule has 10 heteroatoms. The summed E-state index contributed by atoms with van der Waals surface area (Å²) in [6, 6.07) is 4.52. The molecule has 1 N–H and O–H groups in total. The van der Waals surface area contributed by atoms with Crippen LogP contribution in [0.3, 0.4) is 0 Å². The van der Waals surface area contributed by atoms with Crippen molar-refractivity contribution in [1.29, 1.82) is 0 Å². The largest absolute Gasteiger partial charge is 0.336 e. The van der Waals surface area contributed by atoms with Crippen LogP contribution in [0.2, 0.25) is 0 Å². The van der Waals surface area contributed by atoms with Crippen molar-refractivity contribution in [2.45, 2.75) is 51.6 Å². The molecular weight excluding hydrogens is 422 g/mol. The van der Waals surface area contributed by atoms with Gasteiger partial charge in [0.05, 0.1) is 30.2 Å². The van der Waals surface area contributed by atoms with Crippen molar-refractivity contribution < 1.29 is 13.6 Å². The number of likely N-dealkylation sites (tertiary alicyclic amines) is 1. The second-order valence-corrected chi connectivity index (χ2v) is 9.29. The third kappa shape index (κ3) is 4.85. The van der Waals surface area contributed by atoms with Gasteiger partial charge in [-0.25, -0.2) is 13.8 Å². The summed E-state index contributed by atoms with van der Waals surface area (Å²) in [6.07, 6.45) is 1.82. The van der Waals surface area contributed by atoms with Gasteiger partial charge in [-0.15, -0.1) is 10.2 Å². The van der Waals surface area contributed by atoms with Gasteiger partial charge < -0.3 is 10.2 Å². The lowest BCUT2D eigenvalue weighted by Gasteiger charge is -2.39. The molecule has 0 aliphatic carbocycles. The van der Waals surface area contributed by atoms with Crippen LogP contribution in [0.15, 0.2) is 24.4 Å². The highest BCUT2D eigenvalue weighted by Gasteiger charge is 2.45. The number of pyridine rings is 2. The van der Waals surface area contributed by atoms with Crippen LogP contribution in [-0.4, -0.2) is 62.1 Å². The van der Waals surface area contributed by atoms with Crippen molar-refractivity contribution >= 4 is 28.1 Å². The summed E-state index contributed by atoms with van der Waals surface area (Å²) in [5.41, 5.74) is 1.87. The fourth-order valence-electron chi connectivity index (χ4n) is 3.70. The number of aryl methyl sites for hydroxylation is 1. The number of aromatic nitrogens is 4. The lowest BCUT2D eigenvalue weighted by atomic mass is 9.99. The minimum Gasteiger partial charge on any atom is -0.336 e. The predicted octanol–water partition coefficient (Wildman–Crippen LogP) is 3.23. The molecule has 164 valence electrons. The lowest BCUT2D eigenvalue weighted by molar-refractivity contribution is -0.145. The Morgan fingerprint density at radius 3 is 2.84 bits per heavy atom. The summed E-state index contributed by atoms with van der Waals surface area (Å²) in [7, 11) is 0. The Kier molecular flexibility index (Phi) is 5.94. The molecular formula is C21H24F2N6OS. The molecule has 1 aliphatic rings. The quantitative estimate of drug-likeness (QED) is 0.648. The number of carbonyl (C=O) groups is 1. The van der Waals surface area contributed by atoms with Crippen LogP contribution < -0.4 is 5.32 Å². The maximum atomic E-state index is 14.5. The van der Waals surface area contributed by atoms with Crippen LogP contribution >= 0.6 is 11.3 Å². The Balaban J connectivity index is 1.48. The normalized spacial score (nSPS) is 18.6. The minimum atomic E-state index is -2.97. The second-order valence-electron chi connectivity index (χ2n) is 8.11. The first kappa shape index (κ1) is 21.6. The molecule has 0 radical (unpaired) electrons. The molecule has 1 atom stereocenters. The first-order chi connectivity index (χ1) is 14.7. The van der Waals surface area contributed by atoms with Crippen molar-refractivity contribution in [3.05, 3.63) is 35.1 Å². The standard InChI is InChI=1S/C21H24F2N6OS/c1-12(2)25-18-6-7-29(11-21(18,22)23)19(30)9-15-8-17-14(10-24-15)4-5-16(26-17)20-28-27-13(3)31-20/h4-5,8,10,12,18,25H,6-7,9,11H2,1-3H3. The molecule has 4 rings (SSSR count).